The number of amides is 2. The number of aliphatic carboxylic acids is 1. The molecule has 25 heavy (non-hydrogen) atoms. The van der Waals surface area contributed by atoms with Gasteiger partial charge in [-0.25, -0.2) is 0 Å². The average molecular weight is 348 g/mol. The molecule has 1 aromatic heterocycles. The zero-order valence-electron chi connectivity index (χ0n) is 13.7. The first-order valence-corrected chi connectivity index (χ1v) is 8.46. The molecule has 9 heteroatoms. The number of ether oxygens (including phenoxy) is 1. The molecule has 4 heterocycles. The molecule has 0 aliphatic carbocycles. The smallest absolute Gasteiger partial charge is 0.308 e. The second-order valence-electron chi connectivity index (χ2n) is 6.95. The number of rotatable bonds is 2. The molecule has 3 aliphatic heterocycles. The number of carboxylic acid groups (broad SMARTS) is 1. The first-order valence-electron chi connectivity index (χ1n) is 8.46. The monoisotopic (exact) mass is 348 g/mol. The van der Waals surface area contributed by atoms with Crippen molar-refractivity contribution in [3.8, 4) is 0 Å². The van der Waals surface area contributed by atoms with Gasteiger partial charge < -0.3 is 20.1 Å². The lowest BCUT2D eigenvalue weighted by Crippen LogP contribution is -2.40. The number of fused-ring (bicyclic) bond motifs is 1. The van der Waals surface area contributed by atoms with Gasteiger partial charge in [-0.15, -0.1) is 0 Å². The van der Waals surface area contributed by atoms with Gasteiger partial charge in [-0.2, -0.15) is 5.10 Å². The number of aromatic nitrogens is 2. The number of hydrogen-bond donors (Lipinski definition) is 2. The van der Waals surface area contributed by atoms with Gasteiger partial charge in [0.25, 0.3) is 11.8 Å². The molecule has 2 N–H and O–H groups in total. The van der Waals surface area contributed by atoms with Crippen LogP contribution >= 0.6 is 0 Å². The maximum atomic E-state index is 12.9. The highest BCUT2D eigenvalue weighted by Crippen LogP contribution is 2.44. The van der Waals surface area contributed by atoms with E-state index in [0.717, 1.165) is 0 Å². The van der Waals surface area contributed by atoms with E-state index in [9.17, 15) is 19.5 Å². The minimum Gasteiger partial charge on any atom is -0.481 e. The summed E-state index contributed by atoms with van der Waals surface area (Å²) in [6.45, 7) is 2.60. The van der Waals surface area contributed by atoms with Crippen molar-refractivity contribution in [2.45, 2.75) is 19.4 Å². The summed E-state index contributed by atoms with van der Waals surface area (Å²) < 4.78 is 6.90. The zero-order chi connectivity index (χ0) is 17.6. The topological polar surface area (TPSA) is 114 Å². The molecule has 134 valence electrons. The second-order valence-corrected chi connectivity index (χ2v) is 6.95. The van der Waals surface area contributed by atoms with Gasteiger partial charge in [0.05, 0.1) is 12.5 Å². The van der Waals surface area contributed by atoms with Gasteiger partial charge in [0.1, 0.15) is 5.69 Å². The first-order chi connectivity index (χ1) is 12.0. The van der Waals surface area contributed by atoms with E-state index in [4.69, 9.17) is 4.74 Å². The molecule has 1 atom stereocenters. The molecule has 2 amide bonds. The van der Waals surface area contributed by atoms with Crippen LogP contribution in [0.4, 0.5) is 0 Å². The van der Waals surface area contributed by atoms with E-state index in [0.29, 0.717) is 51.4 Å². The fourth-order valence-corrected chi connectivity index (χ4v) is 4.15. The summed E-state index contributed by atoms with van der Waals surface area (Å²) in [6, 6.07) is 1.49. The molecular weight excluding hydrogens is 328 g/mol. The van der Waals surface area contributed by atoms with Gasteiger partial charge in [0, 0.05) is 44.3 Å². The minimum atomic E-state index is -0.874. The molecule has 3 aliphatic rings. The number of hydrogen-bond acceptors (Lipinski definition) is 5. The normalized spacial score (nSPS) is 24.9. The Balaban J connectivity index is 1.59. The zero-order valence-corrected chi connectivity index (χ0v) is 13.7. The third-order valence-electron chi connectivity index (χ3n) is 5.56. The van der Waals surface area contributed by atoms with E-state index in [2.05, 4.69) is 10.4 Å². The maximum Gasteiger partial charge on any atom is 0.308 e. The van der Waals surface area contributed by atoms with Crippen molar-refractivity contribution in [3.63, 3.8) is 0 Å². The lowest BCUT2D eigenvalue weighted by atomic mass is 9.72. The van der Waals surface area contributed by atoms with Gasteiger partial charge in [0.15, 0.2) is 5.69 Å². The van der Waals surface area contributed by atoms with Crippen LogP contribution in [-0.2, 0) is 16.1 Å². The molecule has 1 aromatic rings. The maximum absolute atomic E-state index is 12.9. The number of carbonyl (C=O) groups excluding carboxylic acids is 2. The lowest BCUT2D eigenvalue weighted by Gasteiger charge is -2.36. The van der Waals surface area contributed by atoms with Crippen LogP contribution in [0.2, 0.25) is 0 Å². The molecule has 2 saturated heterocycles. The molecular formula is C16H20N4O5. The van der Waals surface area contributed by atoms with Crippen LogP contribution in [0.1, 0.15) is 33.8 Å². The summed E-state index contributed by atoms with van der Waals surface area (Å²) >= 11 is 0. The van der Waals surface area contributed by atoms with Gasteiger partial charge in [-0.3, -0.25) is 19.1 Å². The molecule has 1 spiro atoms. The van der Waals surface area contributed by atoms with Crippen LogP contribution in [0.3, 0.4) is 0 Å². The van der Waals surface area contributed by atoms with Gasteiger partial charge in [0.2, 0.25) is 0 Å². The molecule has 0 aromatic carbocycles. The van der Waals surface area contributed by atoms with E-state index in [1.807, 2.05) is 0 Å². The Hall–Kier alpha value is -2.42. The van der Waals surface area contributed by atoms with Crippen molar-refractivity contribution in [2.24, 2.45) is 11.3 Å². The van der Waals surface area contributed by atoms with Crippen LogP contribution in [0.15, 0.2) is 6.07 Å². The first kappa shape index (κ1) is 16.1. The molecule has 0 bridgehead atoms. The van der Waals surface area contributed by atoms with E-state index in [1.54, 1.807) is 4.90 Å². The highest BCUT2D eigenvalue weighted by atomic mass is 16.5. The summed E-state index contributed by atoms with van der Waals surface area (Å²) in [6.07, 6.45) is 1.27. The molecule has 0 saturated carbocycles. The average Bonchev–Trinajstić information content (AvgIpc) is 3.18. The molecule has 4 rings (SSSR count). The van der Waals surface area contributed by atoms with E-state index < -0.39 is 17.3 Å². The standard InChI is InChI=1S/C16H20N4O5/c21-13-12-7-11(18-20(12)4-3-17-13)14(22)19-8-10(15(23)24)16(9-19)1-5-25-6-2-16/h7,10H,1-6,8-9H2,(H,17,21)(H,23,24). The highest BCUT2D eigenvalue weighted by Gasteiger charge is 2.52. The summed E-state index contributed by atoms with van der Waals surface area (Å²) in [7, 11) is 0. The van der Waals surface area contributed by atoms with Crippen molar-refractivity contribution in [3.05, 3.63) is 17.5 Å². The Bertz CT molecular complexity index is 737. The predicted molar refractivity (Wildman–Crippen MR) is 84.1 cm³/mol. The summed E-state index contributed by atoms with van der Waals surface area (Å²) in [5.74, 6) is -2.03. The highest BCUT2D eigenvalue weighted by molar-refractivity contribution is 5.98. The van der Waals surface area contributed by atoms with E-state index >= 15 is 0 Å². The minimum absolute atomic E-state index is 0.169. The fraction of sp³-hybridized carbons (Fsp3) is 0.625. The van der Waals surface area contributed by atoms with Crippen LogP contribution in [0.25, 0.3) is 0 Å². The third kappa shape index (κ3) is 2.58. The van der Waals surface area contributed by atoms with Crippen molar-refractivity contribution in [1.82, 2.24) is 20.0 Å². The Morgan fingerprint density at radius 2 is 2.12 bits per heavy atom. The SMILES string of the molecule is O=C1NCCn2nc(C(=O)N3CC(C(=O)O)C4(CCOCC4)C3)cc21. The molecule has 9 nitrogen and oxygen atoms in total. The summed E-state index contributed by atoms with van der Waals surface area (Å²) in [5.41, 5.74) is 0.126. The van der Waals surface area contributed by atoms with Gasteiger partial charge >= 0.3 is 5.97 Å². The number of carbonyl (C=O) groups is 3. The van der Waals surface area contributed by atoms with Crippen LogP contribution in [-0.4, -0.2) is 70.4 Å². The fourth-order valence-electron chi connectivity index (χ4n) is 4.15. The Kier molecular flexibility index (Phi) is 3.75. The van der Waals surface area contributed by atoms with Gasteiger partial charge in [-0.1, -0.05) is 0 Å². The number of nitrogens with one attached hydrogen (secondary N) is 1. The largest absolute Gasteiger partial charge is 0.481 e. The Labute approximate surface area is 143 Å². The van der Waals surface area contributed by atoms with Crippen molar-refractivity contribution in [1.29, 1.82) is 0 Å². The number of nitrogens with zero attached hydrogens (tertiary/aromatic N) is 3. The Morgan fingerprint density at radius 1 is 1.36 bits per heavy atom. The Morgan fingerprint density at radius 3 is 2.80 bits per heavy atom. The van der Waals surface area contributed by atoms with Crippen LogP contribution in [0.5, 0.6) is 0 Å². The lowest BCUT2D eigenvalue weighted by molar-refractivity contribution is -0.146. The molecule has 1 unspecified atom stereocenters. The summed E-state index contributed by atoms with van der Waals surface area (Å²) in [5, 5.41) is 16.6. The quantitative estimate of drug-likeness (QED) is 0.750. The van der Waals surface area contributed by atoms with E-state index in [1.165, 1.54) is 10.7 Å². The summed E-state index contributed by atoms with van der Waals surface area (Å²) in [4.78, 5) is 38.0. The van der Waals surface area contributed by atoms with Gasteiger partial charge in [-0.05, 0) is 12.8 Å². The second kappa shape index (κ2) is 5.83. The van der Waals surface area contributed by atoms with E-state index in [-0.39, 0.29) is 24.1 Å². The van der Waals surface area contributed by atoms with Crippen LogP contribution < -0.4 is 5.32 Å². The molecule has 0 radical (unpaired) electrons. The van der Waals surface area contributed by atoms with Crippen LogP contribution in [0, 0.1) is 11.3 Å². The van der Waals surface area contributed by atoms with Crippen molar-refractivity contribution in [2.75, 3.05) is 32.8 Å². The van der Waals surface area contributed by atoms with Crippen molar-refractivity contribution >= 4 is 17.8 Å². The number of carboxylic acids is 1. The van der Waals surface area contributed by atoms with Crippen molar-refractivity contribution < 1.29 is 24.2 Å². The number of likely N-dealkylation sites (tertiary alicyclic amines) is 1. The predicted octanol–water partition coefficient (Wildman–Crippen LogP) is -0.420. The third-order valence-corrected chi connectivity index (χ3v) is 5.56. The molecule has 2 fully saturated rings.